The molecular weight excluding hydrogens is 356 g/mol. The van der Waals surface area contributed by atoms with Gasteiger partial charge < -0.3 is 15.0 Å². The van der Waals surface area contributed by atoms with Crippen LogP contribution in [0.1, 0.15) is 12.8 Å². The van der Waals surface area contributed by atoms with Crippen molar-refractivity contribution in [1.29, 1.82) is 0 Å². The zero-order valence-corrected chi connectivity index (χ0v) is 15.7. The lowest BCUT2D eigenvalue weighted by Crippen LogP contribution is -2.41. The third-order valence-electron chi connectivity index (χ3n) is 4.88. The first kappa shape index (κ1) is 18.0. The molecule has 8 heteroatoms. The summed E-state index contributed by atoms with van der Waals surface area (Å²) in [6.45, 7) is 1.49. The summed E-state index contributed by atoms with van der Waals surface area (Å²) in [5, 5.41) is 11.6. The number of methoxy groups -OCH3 is 1. The van der Waals surface area contributed by atoms with Crippen molar-refractivity contribution >= 4 is 17.4 Å². The van der Waals surface area contributed by atoms with Gasteiger partial charge >= 0.3 is 0 Å². The van der Waals surface area contributed by atoms with E-state index in [1.807, 2.05) is 42.6 Å². The van der Waals surface area contributed by atoms with Gasteiger partial charge in [-0.15, -0.1) is 10.2 Å². The van der Waals surface area contributed by atoms with E-state index in [4.69, 9.17) is 4.74 Å². The average Bonchev–Trinajstić information content (AvgIpc) is 3.29. The van der Waals surface area contributed by atoms with Crippen LogP contribution in [0, 0.1) is 5.92 Å². The Morgan fingerprint density at radius 2 is 1.93 bits per heavy atom. The molecule has 3 heterocycles. The highest BCUT2D eigenvalue weighted by atomic mass is 16.5. The summed E-state index contributed by atoms with van der Waals surface area (Å²) in [5.74, 6) is 2.20. The Kier molecular flexibility index (Phi) is 5.18. The summed E-state index contributed by atoms with van der Waals surface area (Å²) >= 11 is 0. The van der Waals surface area contributed by atoms with Gasteiger partial charge in [-0.1, -0.05) is 0 Å². The van der Waals surface area contributed by atoms with Crippen LogP contribution in [0.25, 0.3) is 5.82 Å². The van der Waals surface area contributed by atoms with Crippen molar-refractivity contribution in [2.75, 3.05) is 30.4 Å². The maximum atomic E-state index is 12.7. The number of aromatic nitrogens is 4. The topological polar surface area (TPSA) is 85.2 Å². The van der Waals surface area contributed by atoms with E-state index in [0.717, 1.165) is 36.6 Å². The highest BCUT2D eigenvalue weighted by Crippen LogP contribution is 2.23. The molecule has 2 aromatic heterocycles. The minimum Gasteiger partial charge on any atom is -0.497 e. The van der Waals surface area contributed by atoms with Crippen LogP contribution >= 0.6 is 0 Å². The Morgan fingerprint density at radius 1 is 1.14 bits per heavy atom. The molecule has 144 valence electrons. The van der Waals surface area contributed by atoms with E-state index in [1.54, 1.807) is 24.2 Å². The summed E-state index contributed by atoms with van der Waals surface area (Å²) in [7, 11) is 1.62. The number of rotatable bonds is 5. The van der Waals surface area contributed by atoms with Crippen molar-refractivity contribution in [2.45, 2.75) is 12.8 Å². The Balaban J connectivity index is 1.40. The summed E-state index contributed by atoms with van der Waals surface area (Å²) in [5.41, 5.74) is 0.771. The molecule has 8 nitrogen and oxygen atoms in total. The van der Waals surface area contributed by atoms with E-state index in [-0.39, 0.29) is 11.8 Å². The molecule has 1 N–H and O–H groups in total. The van der Waals surface area contributed by atoms with Crippen LogP contribution in [0.4, 0.5) is 11.5 Å². The van der Waals surface area contributed by atoms with Gasteiger partial charge in [-0.05, 0) is 49.2 Å². The average molecular weight is 378 g/mol. The first-order valence-corrected chi connectivity index (χ1v) is 9.25. The Hall–Kier alpha value is -3.42. The molecule has 1 atom stereocenters. The fourth-order valence-electron chi connectivity index (χ4n) is 3.34. The molecule has 4 rings (SSSR count). The van der Waals surface area contributed by atoms with Crippen LogP contribution in [-0.4, -0.2) is 45.9 Å². The van der Waals surface area contributed by atoms with Gasteiger partial charge in [0.25, 0.3) is 0 Å². The van der Waals surface area contributed by atoms with E-state index in [2.05, 4.69) is 25.4 Å². The smallest absolute Gasteiger partial charge is 0.229 e. The Bertz CT molecular complexity index is 909. The van der Waals surface area contributed by atoms with Gasteiger partial charge in [0.2, 0.25) is 5.91 Å². The molecule has 0 spiro atoms. The summed E-state index contributed by atoms with van der Waals surface area (Å²) in [6, 6.07) is 11.2. The van der Waals surface area contributed by atoms with Crippen molar-refractivity contribution in [3.8, 4) is 11.6 Å². The number of anilines is 2. The SMILES string of the molecule is COc1ccc(NC(=O)C2CCCN(c3ccc(-n4ccnc4)nn3)C2)cc1. The lowest BCUT2D eigenvalue weighted by atomic mass is 9.97. The fourth-order valence-corrected chi connectivity index (χ4v) is 3.34. The number of nitrogens with zero attached hydrogens (tertiary/aromatic N) is 5. The number of carbonyl (C=O) groups is 1. The number of imidazole rings is 1. The van der Waals surface area contributed by atoms with E-state index in [0.29, 0.717) is 12.4 Å². The van der Waals surface area contributed by atoms with Crippen molar-refractivity contribution in [1.82, 2.24) is 19.7 Å². The molecule has 1 saturated heterocycles. The zero-order chi connectivity index (χ0) is 19.3. The molecule has 1 unspecified atom stereocenters. The van der Waals surface area contributed by atoms with Gasteiger partial charge in [0, 0.05) is 31.2 Å². The molecule has 0 aliphatic carbocycles. The Morgan fingerprint density at radius 3 is 2.61 bits per heavy atom. The van der Waals surface area contributed by atoms with Gasteiger partial charge in [0.15, 0.2) is 11.6 Å². The molecule has 3 aromatic rings. The number of hydrogen-bond acceptors (Lipinski definition) is 6. The lowest BCUT2D eigenvalue weighted by molar-refractivity contribution is -0.120. The molecule has 0 bridgehead atoms. The number of piperidine rings is 1. The van der Waals surface area contributed by atoms with Crippen LogP contribution in [-0.2, 0) is 4.79 Å². The van der Waals surface area contributed by atoms with Crippen LogP contribution in [0.15, 0.2) is 55.1 Å². The minimum atomic E-state index is -0.0917. The summed E-state index contributed by atoms with van der Waals surface area (Å²) in [4.78, 5) is 18.8. The first-order valence-electron chi connectivity index (χ1n) is 9.25. The van der Waals surface area contributed by atoms with Gasteiger partial charge in [0.1, 0.15) is 12.1 Å². The maximum Gasteiger partial charge on any atom is 0.229 e. The van der Waals surface area contributed by atoms with Crippen molar-refractivity contribution in [2.24, 2.45) is 5.92 Å². The monoisotopic (exact) mass is 378 g/mol. The number of carbonyl (C=O) groups excluding carboxylic acids is 1. The molecular formula is C20H22N6O2. The van der Waals surface area contributed by atoms with E-state index < -0.39 is 0 Å². The first-order chi connectivity index (χ1) is 13.7. The van der Waals surface area contributed by atoms with Gasteiger partial charge in [-0.25, -0.2) is 4.98 Å². The fraction of sp³-hybridized carbons (Fsp3) is 0.300. The van der Waals surface area contributed by atoms with Crippen molar-refractivity contribution < 1.29 is 9.53 Å². The number of ether oxygens (including phenoxy) is 1. The second kappa shape index (κ2) is 8.08. The quantitative estimate of drug-likeness (QED) is 0.734. The molecule has 0 radical (unpaired) electrons. The van der Waals surface area contributed by atoms with E-state index in [1.165, 1.54) is 0 Å². The number of nitrogens with one attached hydrogen (secondary N) is 1. The van der Waals surface area contributed by atoms with Gasteiger partial charge in [-0.2, -0.15) is 0 Å². The van der Waals surface area contributed by atoms with Gasteiger partial charge in [0.05, 0.1) is 13.0 Å². The summed E-state index contributed by atoms with van der Waals surface area (Å²) in [6.07, 6.45) is 7.01. The second-order valence-electron chi connectivity index (χ2n) is 6.72. The predicted molar refractivity (Wildman–Crippen MR) is 106 cm³/mol. The molecule has 1 aliphatic rings. The van der Waals surface area contributed by atoms with Crippen LogP contribution in [0.3, 0.4) is 0 Å². The number of hydrogen-bond donors (Lipinski definition) is 1. The minimum absolute atomic E-state index is 0.0258. The third-order valence-corrected chi connectivity index (χ3v) is 4.88. The molecule has 0 saturated carbocycles. The standard InChI is InChI=1S/C20H22N6O2/c1-28-17-6-4-16(5-7-17)22-20(27)15-3-2-11-25(13-15)18-8-9-19(24-23-18)26-12-10-21-14-26/h4-10,12,14-15H,2-3,11,13H2,1H3,(H,22,27). The predicted octanol–water partition coefficient (Wildman–Crippen LogP) is 2.53. The summed E-state index contributed by atoms with van der Waals surface area (Å²) < 4.78 is 6.95. The van der Waals surface area contributed by atoms with Crippen molar-refractivity contribution in [3.05, 3.63) is 55.1 Å². The lowest BCUT2D eigenvalue weighted by Gasteiger charge is -2.32. The van der Waals surface area contributed by atoms with E-state index >= 15 is 0 Å². The van der Waals surface area contributed by atoms with Crippen molar-refractivity contribution in [3.63, 3.8) is 0 Å². The van der Waals surface area contributed by atoms with E-state index in [9.17, 15) is 4.79 Å². The number of benzene rings is 1. The van der Waals surface area contributed by atoms with Gasteiger partial charge in [-0.3, -0.25) is 9.36 Å². The van der Waals surface area contributed by atoms with Crippen LogP contribution in [0.2, 0.25) is 0 Å². The zero-order valence-electron chi connectivity index (χ0n) is 15.7. The molecule has 1 aliphatic heterocycles. The third kappa shape index (κ3) is 3.95. The molecule has 1 amide bonds. The molecule has 1 aromatic carbocycles. The molecule has 1 fully saturated rings. The maximum absolute atomic E-state index is 12.7. The normalized spacial score (nSPS) is 16.6. The highest BCUT2D eigenvalue weighted by Gasteiger charge is 2.26. The molecule has 28 heavy (non-hydrogen) atoms. The Labute approximate surface area is 163 Å². The largest absolute Gasteiger partial charge is 0.497 e. The second-order valence-corrected chi connectivity index (χ2v) is 6.72. The number of amides is 1. The van der Waals surface area contributed by atoms with Crippen LogP contribution in [0.5, 0.6) is 5.75 Å². The van der Waals surface area contributed by atoms with Crippen LogP contribution < -0.4 is 15.0 Å². The highest BCUT2D eigenvalue weighted by molar-refractivity contribution is 5.93.